The molecule has 7 nitrogen and oxygen atoms in total. The van der Waals surface area contributed by atoms with Crippen LogP contribution < -0.4 is 10.1 Å². The number of aryl methyl sites for hydroxylation is 2. The molecule has 5 rings (SSSR count). The maximum atomic E-state index is 14.4. The number of pyridine rings is 1. The van der Waals surface area contributed by atoms with E-state index in [-0.39, 0.29) is 5.56 Å². The predicted molar refractivity (Wildman–Crippen MR) is 120 cm³/mol. The highest BCUT2D eigenvalue weighted by molar-refractivity contribution is 5.91. The summed E-state index contributed by atoms with van der Waals surface area (Å²) in [6, 6.07) is 10.8. The van der Waals surface area contributed by atoms with E-state index in [9.17, 15) is 8.78 Å². The lowest BCUT2D eigenvalue weighted by Gasteiger charge is -2.11. The topological polar surface area (TPSA) is 78.0 Å². The van der Waals surface area contributed by atoms with Gasteiger partial charge in [-0.05, 0) is 30.3 Å². The quantitative estimate of drug-likeness (QED) is 0.376. The monoisotopic (exact) mass is 447 g/mol. The SMILES string of the molecule is COc1cc(Nc2nccc3c2nc(-c2ccc(F)cc2F)n3C)ccc1-c1cnc(C)o1. The molecule has 0 saturated heterocycles. The Bertz CT molecular complexity index is 1490. The summed E-state index contributed by atoms with van der Waals surface area (Å²) in [4.78, 5) is 13.2. The van der Waals surface area contributed by atoms with Crippen molar-refractivity contribution in [2.75, 3.05) is 12.4 Å². The maximum absolute atomic E-state index is 14.4. The molecule has 0 aliphatic carbocycles. The van der Waals surface area contributed by atoms with E-state index in [4.69, 9.17) is 9.15 Å². The molecule has 2 aromatic carbocycles. The molecule has 0 fully saturated rings. The van der Waals surface area contributed by atoms with Gasteiger partial charge in [0.2, 0.25) is 0 Å². The lowest BCUT2D eigenvalue weighted by atomic mass is 10.1. The second-order valence-electron chi connectivity index (χ2n) is 7.43. The summed E-state index contributed by atoms with van der Waals surface area (Å²) in [7, 11) is 3.35. The van der Waals surface area contributed by atoms with Crippen LogP contribution in [0.15, 0.2) is 59.3 Å². The van der Waals surface area contributed by atoms with Gasteiger partial charge in [-0.15, -0.1) is 0 Å². The van der Waals surface area contributed by atoms with Gasteiger partial charge in [0, 0.05) is 38.0 Å². The highest BCUT2D eigenvalue weighted by atomic mass is 19.1. The zero-order valence-corrected chi connectivity index (χ0v) is 18.1. The highest BCUT2D eigenvalue weighted by Crippen LogP contribution is 2.35. The van der Waals surface area contributed by atoms with E-state index in [0.29, 0.717) is 40.2 Å². The van der Waals surface area contributed by atoms with Crippen molar-refractivity contribution in [3.63, 3.8) is 0 Å². The summed E-state index contributed by atoms with van der Waals surface area (Å²) < 4.78 is 40.7. The highest BCUT2D eigenvalue weighted by Gasteiger charge is 2.18. The van der Waals surface area contributed by atoms with E-state index < -0.39 is 11.6 Å². The molecular weight excluding hydrogens is 428 g/mol. The van der Waals surface area contributed by atoms with Crippen molar-refractivity contribution in [2.45, 2.75) is 6.92 Å². The summed E-state index contributed by atoms with van der Waals surface area (Å²) in [5.41, 5.74) is 2.97. The first-order valence-corrected chi connectivity index (χ1v) is 10.1. The lowest BCUT2D eigenvalue weighted by Crippen LogP contribution is -1.97. The fraction of sp³-hybridized carbons (Fsp3) is 0.125. The molecule has 0 aliphatic rings. The minimum absolute atomic E-state index is 0.203. The van der Waals surface area contributed by atoms with Crippen molar-refractivity contribution in [1.82, 2.24) is 19.5 Å². The number of imidazole rings is 1. The number of benzene rings is 2. The van der Waals surface area contributed by atoms with Crippen LogP contribution in [0.5, 0.6) is 5.75 Å². The Kier molecular flexibility index (Phi) is 5.01. The molecule has 1 N–H and O–H groups in total. The van der Waals surface area contributed by atoms with Crippen molar-refractivity contribution in [3.8, 4) is 28.5 Å². The smallest absolute Gasteiger partial charge is 0.191 e. The molecule has 0 spiro atoms. The van der Waals surface area contributed by atoms with Crippen LogP contribution in [0, 0.1) is 18.6 Å². The fourth-order valence-corrected chi connectivity index (χ4v) is 3.72. The van der Waals surface area contributed by atoms with Crippen molar-refractivity contribution >= 4 is 22.5 Å². The average Bonchev–Trinajstić information content (AvgIpc) is 3.38. The number of halogens is 2. The molecule has 0 aliphatic heterocycles. The Morgan fingerprint density at radius 2 is 1.85 bits per heavy atom. The number of nitrogens with zero attached hydrogens (tertiary/aromatic N) is 4. The van der Waals surface area contributed by atoms with E-state index in [0.717, 1.165) is 17.1 Å². The van der Waals surface area contributed by atoms with E-state index in [1.54, 1.807) is 44.1 Å². The third kappa shape index (κ3) is 3.67. The van der Waals surface area contributed by atoms with Gasteiger partial charge in [0.15, 0.2) is 17.5 Å². The molecule has 5 aromatic rings. The van der Waals surface area contributed by atoms with Crippen molar-refractivity contribution < 1.29 is 17.9 Å². The third-order valence-corrected chi connectivity index (χ3v) is 5.32. The Labute approximate surface area is 187 Å². The van der Waals surface area contributed by atoms with Crippen LogP contribution in [0.25, 0.3) is 33.7 Å². The lowest BCUT2D eigenvalue weighted by molar-refractivity contribution is 0.414. The average molecular weight is 447 g/mol. The minimum Gasteiger partial charge on any atom is -0.496 e. The second kappa shape index (κ2) is 8.01. The first-order valence-electron chi connectivity index (χ1n) is 10.1. The van der Waals surface area contributed by atoms with Gasteiger partial charge in [0.25, 0.3) is 0 Å². The number of anilines is 2. The zero-order valence-electron chi connectivity index (χ0n) is 18.1. The number of hydrogen-bond donors (Lipinski definition) is 1. The molecule has 0 atom stereocenters. The Morgan fingerprint density at radius 3 is 2.58 bits per heavy atom. The van der Waals surface area contributed by atoms with Gasteiger partial charge in [-0.3, -0.25) is 0 Å². The van der Waals surface area contributed by atoms with Crippen LogP contribution in [0.3, 0.4) is 0 Å². The number of hydrogen-bond acceptors (Lipinski definition) is 6. The van der Waals surface area contributed by atoms with Gasteiger partial charge in [0.1, 0.15) is 28.7 Å². The van der Waals surface area contributed by atoms with Gasteiger partial charge >= 0.3 is 0 Å². The van der Waals surface area contributed by atoms with Crippen molar-refractivity contribution in [1.29, 1.82) is 0 Å². The molecule has 0 bridgehead atoms. The second-order valence-corrected chi connectivity index (χ2v) is 7.43. The number of nitrogens with one attached hydrogen (secondary N) is 1. The van der Waals surface area contributed by atoms with Gasteiger partial charge in [-0.2, -0.15) is 0 Å². The molecule has 0 radical (unpaired) electrons. The number of aromatic nitrogens is 4. The molecule has 0 saturated carbocycles. The predicted octanol–water partition coefficient (Wildman–Crippen LogP) is 5.63. The van der Waals surface area contributed by atoms with Gasteiger partial charge in [-0.25, -0.2) is 23.7 Å². The van der Waals surface area contributed by atoms with E-state index in [2.05, 4.69) is 20.3 Å². The standard InChI is InChI=1S/C24H19F2N5O2/c1-13-28-12-21(33-13)17-7-5-15(11-20(17)32-3)29-23-22-19(8-9-27-23)31(2)24(30-22)16-6-4-14(25)10-18(16)26/h4-12H,1-3H3,(H,27,29). The van der Waals surface area contributed by atoms with Crippen LogP contribution >= 0.6 is 0 Å². The van der Waals surface area contributed by atoms with Crippen LogP contribution in [-0.4, -0.2) is 26.6 Å². The number of rotatable bonds is 5. The van der Waals surface area contributed by atoms with Gasteiger partial charge in [0.05, 0.1) is 30.0 Å². The summed E-state index contributed by atoms with van der Waals surface area (Å²) >= 11 is 0. The first-order chi connectivity index (χ1) is 15.9. The molecule has 166 valence electrons. The van der Waals surface area contributed by atoms with Crippen LogP contribution in [0.4, 0.5) is 20.3 Å². The Balaban J connectivity index is 1.54. The number of fused-ring (bicyclic) bond motifs is 1. The molecule has 0 amide bonds. The molecular formula is C24H19F2N5O2. The maximum Gasteiger partial charge on any atom is 0.191 e. The van der Waals surface area contributed by atoms with Gasteiger partial charge in [-0.1, -0.05) is 0 Å². The molecule has 9 heteroatoms. The minimum atomic E-state index is -0.682. The largest absolute Gasteiger partial charge is 0.496 e. The third-order valence-electron chi connectivity index (χ3n) is 5.32. The zero-order chi connectivity index (χ0) is 23.1. The molecule has 3 aromatic heterocycles. The fourth-order valence-electron chi connectivity index (χ4n) is 3.72. The van der Waals surface area contributed by atoms with Crippen LogP contribution in [-0.2, 0) is 7.05 Å². The molecule has 0 unspecified atom stereocenters. The molecule has 3 heterocycles. The summed E-state index contributed by atoms with van der Waals surface area (Å²) in [6.07, 6.45) is 3.28. The van der Waals surface area contributed by atoms with Crippen LogP contribution in [0.1, 0.15) is 5.89 Å². The summed E-state index contributed by atoms with van der Waals surface area (Å²) in [5, 5.41) is 3.25. The van der Waals surface area contributed by atoms with Crippen LogP contribution in [0.2, 0.25) is 0 Å². The number of ether oxygens (including phenoxy) is 1. The van der Waals surface area contributed by atoms with E-state index >= 15 is 0 Å². The number of methoxy groups -OCH3 is 1. The number of oxazole rings is 1. The normalized spacial score (nSPS) is 11.2. The Morgan fingerprint density at radius 1 is 1.03 bits per heavy atom. The van der Waals surface area contributed by atoms with E-state index in [1.807, 2.05) is 18.2 Å². The van der Waals surface area contributed by atoms with E-state index in [1.165, 1.54) is 12.1 Å². The summed E-state index contributed by atoms with van der Waals surface area (Å²) in [6.45, 7) is 1.77. The van der Waals surface area contributed by atoms with Gasteiger partial charge < -0.3 is 19.0 Å². The van der Waals surface area contributed by atoms with Crippen molar-refractivity contribution in [3.05, 3.63) is 72.4 Å². The van der Waals surface area contributed by atoms with Crippen molar-refractivity contribution in [2.24, 2.45) is 7.05 Å². The summed E-state index contributed by atoms with van der Waals surface area (Å²) in [5.74, 6) is 1.30. The Hall–Kier alpha value is -4.27. The molecule has 33 heavy (non-hydrogen) atoms. The first kappa shape index (κ1) is 20.6.